The quantitative estimate of drug-likeness (QED) is 0.0647. The molecule has 60 heavy (non-hydrogen) atoms. The lowest BCUT2D eigenvalue weighted by atomic mass is 9.80. The van der Waals surface area contributed by atoms with Crippen molar-refractivity contribution in [1.29, 1.82) is 0 Å². The minimum atomic E-state index is -4.94. The van der Waals surface area contributed by atoms with Crippen molar-refractivity contribution in [3.05, 3.63) is 68.8 Å². The van der Waals surface area contributed by atoms with Crippen molar-refractivity contribution < 1.29 is 45.5 Å². The molecular weight excluding hydrogens is 787 g/mol. The zero-order chi connectivity index (χ0) is 43.0. The van der Waals surface area contributed by atoms with Gasteiger partial charge in [-0.25, -0.2) is 0 Å². The molecule has 0 fully saturated rings. The summed E-state index contributed by atoms with van der Waals surface area (Å²) in [5.41, 5.74) is -3.18. The Balaban J connectivity index is 1.53. The van der Waals surface area contributed by atoms with Crippen molar-refractivity contribution in [1.82, 2.24) is 19.8 Å². The lowest BCUT2D eigenvalue weighted by Gasteiger charge is -2.33. The van der Waals surface area contributed by atoms with Crippen LogP contribution in [0.1, 0.15) is 155 Å². The number of carbonyl (C=O) groups excluding carboxylic acids is 4. The molecule has 2 N–H and O–H groups in total. The number of H-pyrrole nitrogens is 2. The smallest absolute Gasteiger partial charge is 0.354 e. The van der Waals surface area contributed by atoms with Crippen LogP contribution in [0.15, 0.2) is 24.3 Å². The Labute approximate surface area is 341 Å². The third-order valence-corrected chi connectivity index (χ3v) is 12.3. The Morgan fingerprint density at radius 2 is 0.783 bits per heavy atom. The molecule has 0 spiro atoms. The number of hydrogen-bond donors (Lipinski definition) is 2. The first kappa shape index (κ1) is 41.3. The lowest BCUT2D eigenvalue weighted by Crippen LogP contribution is -2.44. The summed E-state index contributed by atoms with van der Waals surface area (Å²) in [4.78, 5) is 67.8. The van der Waals surface area contributed by atoms with E-state index >= 15 is 35.9 Å². The monoisotopic (exact) mass is 832 g/mol. The minimum Gasteiger partial charge on any atom is -0.354 e. The topological polar surface area (TPSA) is 106 Å². The molecule has 0 atom stereocenters. The van der Waals surface area contributed by atoms with E-state index in [2.05, 4.69) is 23.8 Å². The van der Waals surface area contributed by atoms with Gasteiger partial charge in [-0.3, -0.25) is 29.0 Å². The van der Waals surface area contributed by atoms with Gasteiger partial charge < -0.3 is 9.97 Å². The molecule has 0 bridgehead atoms. The fourth-order valence-corrected chi connectivity index (χ4v) is 9.61. The zero-order valence-electron chi connectivity index (χ0n) is 34.0. The average Bonchev–Trinajstić information content (AvgIpc) is 3.74. The van der Waals surface area contributed by atoms with E-state index in [1.165, 1.54) is 26.0 Å². The second-order valence-corrected chi connectivity index (χ2v) is 16.5. The van der Waals surface area contributed by atoms with Crippen LogP contribution in [0.5, 0.6) is 0 Å². The standard InChI is InChI=1S/C46H46F6N4O4/c1-5-7-9-11-13-15-17-55-41(57)35-31-32-37(39-33(35)29-25(45(47,48)49)19-23(3)21-27(29)53-39)43(59)56(18-16-14-12-10-8-6-2)44(60)38(32)40-34(36(31)42(55)58)30-26(46(50,51)52)20-24(4)22-28(30)54-40/h19-22,53-54H,5-18H2,1-4H3. The summed E-state index contributed by atoms with van der Waals surface area (Å²) in [5.74, 6) is -3.56. The van der Waals surface area contributed by atoms with Gasteiger partial charge in [0, 0.05) is 56.4 Å². The minimum absolute atomic E-state index is 0.0339. The van der Waals surface area contributed by atoms with E-state index in [-0.39, 0.29) is 90.1 Å². The summed E-state index contributed by atoms with van der Waals surface area (Å²) in [6.07, 6.45) is -0.400. The number of amides is 4. The summed E-state index contributed by atoms with van der Waals surface area (Å²) in [6, 6.07) is 4.80. The van der Waals surface area contributed by atoms with E-state index < -0.39 is 57.9 Å². The fraction of sp³-hybridized carbons (Fsp3) is 0.435. The van der Waals surface area contributed by atoms with Gasteiger partial charge in [0.25, 0.3) is 23.6 Å². The van der Waals surface area contributed by atoms with Crippen LogP contribution in [0.25, 0.3) is 54.4 Å². The van der Waals surface area contributed by atoms with Crippen LogP contribution >= 0.6 is 0 Å². The number of nitrogens with zero attached hydrogens (tertiary/aromatic N) is 2. The van der Waals surface area contributed by atoms with Gasteiger partial charge in [0.2, 0.25) is 0 Å². The highest BCUT2D eigenvalue weighted by molar-refractivity contribution is 6.46. The maximum absolute atomic E-state index is 15.1. The van der Waals surface area contributed by atoms with Gasteiger partial charge in [-0.05, 0) is 62.1 Å². The molecule has 2 aliphatic heterocycles. The lowest BCUT2D eigenvalue weighted by molar-refractivity contribution is -0.137. The first-order chi connectivity index (χ1) is 28.5. The molecule has 316 valence electrons. The second kappa shape index (κ2) is 15.3. The molecule has 4 heterocycles. The summed E-state index contributed by atoms with van der Waals surface area (Å²) in [6.45, 7) is 6.87. The van der Waals surface area contributed by atoms with E-state index in [9.17, 15) is 9.59 Å². The molecule has 4 aromatic carbocycles. The van der Waals surface area contributed by atoms with E-state index in [1.807, 2.05) is 0 Å². The number of fused-ring (bicyclic) bond motifs is 10. The number of aryl methyl sites for hydroxylation is 2. The molecule has 0 unspecified atom stereocenters. The average molecular weight is 833 g/mol. The number of imide groups is 2. The largest absolute Gasteiger partial charge is 0.417 e. The number of rotatable bonds is 14. The Kier molecular flexibility index (Phi) is 10.5. The molecule has 2 aromatic heterocycles. The van der Waals surface area contributed by atoms with Crippen LogP contribution in [0.4, 0.5) is 26.3 Å². The van der Waals surface area contributed by atoms with Gasteiger partial charge in [0.1, 0.15) is 0 Å². The Bertz CT molecular complexity index is 2620. The second-order valence-electron chi connectivity index (χ2n) is 16.5. The number of hydrogen-bond acceptors (Lipinski definition) is 4. The molecule has 0 saturated carbocycles. The van der Waals surface area contributed by atoms with Gasteiger partial charge >= 0.3 is 12.4 Å². The van der Waals surface area contributed by atoms with E-state index in [1.54, 1.807) is 0 Å². The van der Waals surface area contributed by atoms with Gasteiger partial charge in [0.05, 0.1) is 44.4 Å². The van der Waals surface area contributed by atoms with Gasteiger partial charge in [-0.2, -0.15) is 26.3 Å². The van der Waals surface area contributed by atoms with Gasteiger partial charge in [-0.15, -0.1) is 0 Å². The summed E-state index contributed by atoms with van der Waals surface area (Å²) in [7, 11) is 0. The molecule has 8 nitrogen and oxygen atoms in total. The predicted molar refractivity (Wildman–Crippen MR) is 220 cm³/mol. The van der Waals surface area contributed by atoms with Crippen LogP contribution in [0, 0.1) is 13.8 Å². The molecule has 0 aliphatic carbocycles. The molecular formula is C46H46F6N4O4. The SMILES string of the molecule is CCCCCCCCN1C(=O)c2c3[nH]c4cc(C)cc(C(F)(F)F)c4c3c3c4c(c5c([nH]c6cc(C)cc(C(F)(F)F)c65)c(c24)C1=O)C(=O)N(CCCCCCCC)C3=O. The number of aromatic amines is 2. The maximum atomic E-state index is 15.1. The molecule has 6 aromatic rings. The molecule has 14 heteroatoms. The van der Waals surface area contributed by atoms with Gasteiger partial charge in [-0.1, -0.05) is 78.1 Å². The Hall–Kier alpha value is -5.40. The van der Waals surface area contributed by atoms with Crippen molar-refractivity contribution in [2.75, 3.05) is 13.1 Å². The summed E-state index contributed by atoms with van der Waals surface area (Å²) in [5, 5.41) is -1.81. The van der Waals surface area contributed by atoms with Crippen molar-refractivity contribution in [3.63, 3.8) is 0 Å². The number of benzene rings is 4. The number of halogens is 6. The summed E-state index contributed by atoms with van der Waals surface area (Å²) >= 11 is 0. The highest BCUT2D eigenvalue weighted by Crippen LogP contribution is 2.52. The van der Waals surface area contributed by atoms with E-state index in [0.717, 1.165) is 73.3 Å². The number of carbonyl (C=O) groups is 4. The van der Waals surface area contributed by atoms with Crippen molar-refractivity contribution in [3.8, 4) is 0 Å². The molecule has 2 aliphatic rings. The number of nitrogens with one attached hydrogen (secondary N) is 2. The Morgan fingerprint density at radius 3 is 1.15 bits per heavy atom. The van der Waals surface area contributed by atoms with Crippen LogP contribution in [0.3, 0.4) is 0 Å². The number of alkyl halides is 6. The van der Waals surface area contributed by atoms with E-state index in [0.29, 0.717) is 25.7 Å². The third-order valence-electron chi connectivity index (χ3n) is 12.3. The van der Waals surface area contributed by atoms with Crippen molar-refractivity contribution >= 4 is 78.0 Å². The first-order valence-electron chi connectivity index (χ1n) is 21.0. The summed E-state index contributed by atoms with van der Waals surface area (Å²) < 4.78 is 90.7. The maximum Gasteiger partial charge on any atom is 0.417 e. The predicted octanol–water partition coefficient (Wildman–Crippen LogP) is 12.7. The molecule has 4 amide bonds. The third kappa shape index (κ3) is 6.52. The van der Waals surface area contributed by atoms with Crippen LogP contribution in [-0.4, -0.2) is 56.5 Å². The molecule has 0 saturated heterocycles. The van der Waals surface area contributed by atoms with Crippen LogP contribution < -0.4 is 0 Å². The van der Waals surface area contributed by atoms with Crippen LogP contribution in [0.2, 0.25) is 0 Å². The van der Waals surface area contributed by atoms with E-state index in [4.69, 9.17) is 0 Å². The highest BCUT2D eigenvalue weighted by atomic mass is 19.4. The number of unbranched alkanes of at least 4 members (excludes halogenated alkanes) is 10. The molecule has 8 rings (SSSR count). The normalized spacial score (nSPS) is 14.8. The molecule has 0 radical (unpaired) electrons. The van der Waals surface area contributed by atoms with Crippen molar-refractivity contribution in [2.45, 2.75) is 117 Å². The van der Waals surface area contributed by atoms with Crippen LogP contribution in [-0.2, 0) is 12.4 Å². The highest BCUT2D eigenvalue weighted by Gasteiger charge is 2.47. The van der Waals surface area contributed by atoms with Crippen molar-refractivity contribution in [2.24, 2.45) is 0 Å². The fourth-order valence-electron chi connectivity index (χ4n) is 9.61. The zero-order valence-corrected chi connectivity index (χ0v) is 34.0. The number of aromatic nitrogens is 2. The van der Waals surface area contributed by atoms with Gasteiger partial charge in [0.15, 0.2) is 0 Å². The first-order valence-corrected chi connectivity index (χ1v) is 21.0. The Morgan fingerprint density at radius 1 is 0.450 bits per heavy atom.